The van der Waals surface area contributed by atoms with Crippen LogP contribution >= 0.6 is 11.6 Å². The highest BCUT2D eigenvalue weighted by atomic mass is 35.5. The van der Waals surface area contributed by atoms with Crippen molar-refractivity contribution in [3.8, 4) is 11.8 Å². The highest BCUT2D eigenvalue weighted by Gasteiger charge is 2.06. The first kappa shape index (κ1) is 11.6. The molecule has 0 radical (unpaired) electrons. The summed E-state index contributed by atoms with van der Waals surface area (Å²) >= 11 is 5.75. The van der Waals surface area contributed by atoms with E-state index in [0.29, 0.717) is 29.1 Å². The minimum absolute atomic E-state index is 0.0427. The van der Waals surface area contributed by atoms with Crippen molar-refractivity contribution in [3.05, 3.63) is 28.8 Å². The third kappa shape index (κ3) is 3.30. The van der Waals surface area contributed by atoms with Gasteiger partial charge in [0.25, 0.3) is 0 Å². The van der Waals surface area contributed by atoms with Crippen LogP contribution in [0.4, 0.5) is 5.69 Å². The normalized spacial score (nSPS) is 9.20. The molecule has 0 atom stereocenters. The first-order valence-electron chi connectivity index (χ1n) is 4.63. The fourth-order valence-electron chi connectivity index (χ4n) is 1.16. The Labute approximate surface area is 94.4 Å². The van der Waals surface area contributed by atoms with E-state index in [9.17, 15) is 4.79 Å². The van der Waals surface area contributed by atoms with Crippen LogP contribution < -0.4 is 5.73 Å². The number of ketones is 1. The van der Waals surface area contributed by atoms with E-state index in [1.54, 1.807) is 25.1 Å². The van der Waals surface area contributed by atoms with Gasteiger partial charge in [-0.1, -0.05) is 11.6 Å². The number of nitrogens with two attached hydrogens (primary N) is 1. The zero-order chi connectivity index (χ0) is 11.3. The van der Waals surface area contributed by atoms with Crippen molar-refractivity contribution in [2.24, 2.45) is 0 Å². The monoisotopic (exact) mass is 221 g/mol. The summed E-state index contributed by atoms with van der Waals surface area (Å²) in [4.78, 5) is 11.6. The van der Waals surface area contributed by atoms with Gasteiger partial charge in [-0.15, -0.1) is 11.8 Å². The quantitative estimate of drug-likeness (QED) is 0.485. The van der Waals surface area contributed by atoms with Gasteiger partial charge in [-0.05, 0) is 25.1 Å². The van der Waals surface area contributed by atoms with Crippen molar-refractivity contribution in [2.45, 2.75) is 19.8 Å². The highest BCUT2D eigenvalue weighted by molar-refractivity contribution is 6.33. The van der Waals surface area contributed by atoms with E-state index in [1.807, 2.05) is 0 Å². The van der Waals surface area contributed by atoms with Gasteiger partial charge in [0.1, 0.15) is 0 Å². The maximum absolute atomic E-state index is 11.6. The zero-order valence-electron chi connectivity index (χ0n) is 8.51. The third-order valence-electron chi connectivity index (χ3n) is 1.97. The summed E-state index contributed by atoms with van der Waals surface area (Å²) in [7, 11) is 0. The molecule has 2 nitrogen and oxygen atoms in total. The SMILES string of the molecule is CC#CCCC(=O)c1ccc(Cl)c(N)c1. The van der Waals surface area contributed by atoms with E-state index in [-0.39, 0.29) is 5.78 Å². The van der Waals surface area contributed by atoms with Crippen molar-refractivity contribution >= 4 is 23.1 Å². The molecule has 0 saturated carbocycles. The number of carbonyl (C=O) groups is 1. The molecule has 15 heavy (non-hydrogen) atoms. The predicted octanol–water partition coefficient (Wildman–Crippen LogP) is 2.91. The van der Waals surface area contributed by atoms with Crippen LogP contribution in [-0.2, 0) is 0 Å². The molecule has 0 aliphatic rings. The number of anilines is 1. The molecule has 1 aromatic rings. The largest absolute Gasteiger partial charge is 0.398 e. The molecule has 0 unspecified atom stereocenters. The standard InChI is InChI=1S/C12H12ClNO/c1-2-3-4-5-12(15)9-6-7-10(13)11(14)8-9/h6-8H,4-5,14H2,1H3. The van der Waals surface area contributed by atoms with Gasteiger partial charge >= 0.3 is 0 Å². The zero-order valence-corrected chi connectivity index (χ0v) is 9.27. The van der Waals surface area contributed by atoms with E-state index in [4.69, 9.17) is 17.3 Å². The molecule has 0 aliphatic heterocycles. The maximum atomic E-state index is 11.6. The van der Waals surface area contributed by atoms with Gasteiger partial charge in [-0.25, -0.2) is 0 Å². The lowest BCUT2D eigenvalue weighted by molar-refractivity contribution is 0.0984. The molecule has 0 heterocycles. The van der Waals surface area contributed by atoms with E-state index >= 15 is 0 Å². The molecule has 0 fully saturated rings. The van der Waals surface area contributed by atoms with Crippen molar-refractivity contribution in [1.29, 1.82) is 0 Å². The Kier molecular flexibility index (Phi) is 4.20. The summed E-state index contributed by atoms with van der Waals surface area (Å²) in [5.41, 5.74) is 6.63. The number of carbonyl (C=O) groups excluding carboxylic acids is 1. The molecule has 0 saturated heterocycles. The fraction of sp³-hybridized carbons (Fsp3) is 0.250. The number of benzene rings is 1. The van der Waals surface area contributed by atoms with Gasteiger partial charge in [-0.2, -0.15) is 0 Å². The van der Waals surface area contributed by atoms with E-state index in [2.05, 4.69) is 11.8 Å². The number of hydrogen-bond donors (Lipinski definition) is 1. The van der Waals surface area contributed by atoms with Crippen molar-refractivity contribution < 1.29 is 4.79 Å². The third-order valence-corrected chi connectivity index (χ3v) is 2.32. The molecule has 2 N–H and O–H groups in total. The summed E-state index contributed by atoms with van der Waals surface area (Å²) < 4.78 is 0. The summed E-state index contributed by atoms with van der Waals surface area (Å²) in [5.74, 6) is 5.64. The summed E-state index contributed by atoms with van der Waals surface area (Å²) in [6.07, 6.45) is 1.000. The molecule has 0 bridgehead atoms. The summed E-state index contributed by atoms with van der Waals surface area (Å²) in [5, 5.41) is 0.472. The van der Waals surface area contributed by atoms with Crippen LogP contribution in [0.5, 0.6) is 0 Å². The van der Waals surface area contributed by atoms with E-state index < -0.39 is 0 Å². The molecule has 1 rings (SSSR count). The number of rotatable bonds is 3. The van der Waals surface area contributed by atoms with Gasteiger partial charge in [0.15, 0.2) is 5.78 Å². The van der Waals surface area contributed by atoms with Crippen LogP contribution in [-0.4, -0.2) is 5.78 Å². The van der Waals surface area contributed by atoms with Crippen LogP contribution in [0.25, 0.3) is 0 Å². The average molecular weight is 222 g/mol. The topological polar surface area (TPSA) is 43.1 Å². The first-order valence-corrected chi connectivity index (χ1v) is 5.00. The second-order valence-electron chi connectivity index (χ2n) is 3.09. The van der Waals surface area contributed by atoms with E-state index in [1.165, 1.54) is 0 Å². The van der Waals surface area contributed by atoms with Gasteiger partial charge in [-0.3, -0.25) is 4.79 Å². The minimum Gasteiger partial charge on any atom is -0.398 e. The van der Waals surface area contributed by atoms with Crippen LogP contribution in [0.15, 0.2) is 18.2 Å². The molecular formula is C12H12ClNO. The Bertz CT molecular complexity index is 429. The Morgan fingerprint density at radius 3 is 2.87 bits per heavy atom. The molecule has 1 aromatic carbocycles. The maximum Gasteiger partial charge on any atom is 0.163 e. The molecule has 3 heteroatoms. The van der Waals surface area contributed by atoms with Crippen molar-refractivity contribution in [3.63, 3.8) is 0 Å². The van der Waals surface area contributed by atoms with E-state index in [0.717, 1.165) is 0 Å². The highest BCUT2D eigenvalue weighted by Crippen LogP contribution is 2.20. The van der Waals surface area contributed by atoms with Crippen LogP contribution in [0.3, 0.4) is 0 Å². The molecule has 0 amide bonds. The fourth-order valence-corrected chi connectivity index (χ4v) is 1.28. The summed E-state index contributed by atoms with van der Waals surface area (Å²) in [6.45, 7) is 1.75. The van der Waals surface area contributed by atoms with Crippen LogP contribution in [0, 0.1) is 11.8 Å². The summed E-state index contributed by atoms with van der Waals surface area (Å²) in [6, 6.07) is 4.92. The molecule has 0 aliphatic carbocycles. The minimum atomic E-state index is 0.0427. The van der Waals surface area contributed by atoms with Gasteiger partial charge in [0.05, 0.1) is 10.7 Å². The van der Waals surface area contributed by atoms with Crippen LogP contribution in [0.1, 0.15) is 30.1 Å². The number of hydrogen-bond acceptors (Lipinski definition) is 2. The van der Waals surface area contributed by atoms with Gasteiger partial charge < -0.3 is 5.73 Å². The van der Waals surface area contributed by atoms with Crippen molar-refractivity contribution in [2.75, 3.05) is 5.73 Å². The van der Waals surface area contributed by atoms with Gasteiger partial charge in [0.2, 0.25) is 0 Å². The molecular weight excluding hydrogens is 210 g/mol. The smallest absolute Gasteiger partial charge is 0.163 e. The number of nitrogen functional groups attached to an aromatic ring is 1. The Hall–Kier alpha value is -1.46. The molecule has 78 valence electrons. The number of halogens is 1. The number of Topliss-reactive ketones (excluding diaryl/α,β-unsaturated/α-hetero) is 1. The Balaban J connectivity index is 2.72. The Morgan fingerprint density at radius 1 is 1.53 bits per heavy atom. The Morgan fingerprint density at radius 2 is 2.27 bits per heavy atom. The van der Waals surface area contributed by atoms with Gasteiger partial charge in [0, 0.05) is 18.4 Å². The average Bonchev–Trinajstić information content (AvgIpc) is 2.22. The second-order valence-corrected chi connectivity index (χ2v) is 3.49. The van der Waals surface area contributed by atoms with Crippen molar-refractivity contribution in [1.82, 2.24) is 0 Å². The lowest BCUT2D eigenvalue weighted by atomic mass is 10.1. The first-order chi connectivity index (χ1) is 7.15. The molecule has 0 spiro atoms. The second kappa shape index (κ2) is 5.43. The lowest BCUT2D eigenvalue weighted by Gasteiger charge is -2.01. The lowest BCUT2D eigenvalue weighted by Crippen LogP contribution is -1.99. The van der Waals surface area contributed by atoms with Crippen LogP contribution in [0.2, 0.25) is 5.02 Å². The predicted molar refractivity (Wildman–Crippen MR) is 62.9 cm³/mol. The molecule has 0 aromatic heterocycles.